The van der Waals surface area contributed by atoms with Gasteiger partial charge in [-0.1, -0.05) is 0 Å². The molecule has 0 aromatic rings. The normalized spacial score (nSPS) is 36.5. The lowest BCUT2D eigenvalue weighted by Gasteiger charge is -2.34. The van der Waals surface area contributed by atoms with Crippen LogP contribution < -0.4 is 5.32 Å². The number of amides is 1. The molecule has 0 radical (unpaired) electrons. The maximum atomic E-state index is 13.5. The number of carbonyl (C=O) groups excluding carboxylic acids is 1. The van der Waals surface area contributed by atoms with E-state index in [0.717, 1.165) is 6.54 Å². The summed E-state index contributed by atoms with van der Waals surface area (Å²) in [5, 5.41) is 12.2. The van der Waals surface area contributed by atoms with E-state index >= 15 is 0 Å². The van der Waals surface area contributed by atoms with Gasteiger partial charge in [0.2, 0.25) is 0 Å². The van der Waals surface area contributed by atoms with Gasteiger partial charge in [0.05, 0.1) is 6.04 Å². The first kappa shape index (κ1) is 12.7. The highest BCUT2D eigenvalue weighted by atomic mass is 35.5. The van der Waals surface area contributed by atoms with Gasteiger partial charge in [-0.25, -0.2) is 4.39 Å². The number of nitrogens with zero attached hydrogens (tertiary/aromatic N) is 1. The number of carbonyl (C=O) groups is 1. The zero-order valence-corrected chi connectivity index (χ0v) is 9.17. The number of halogens is 2. The van der Waals surface area contributed by atoms with Crippen LogP contribution in [0.1, 0.15) is 12.8 Å². The van der Waals surface area contributed by atoms with Crippen LogP contribution in [0.4, 0.5) is 4.39 Å². The first-order valence-corrected chi connectivity index (χ1v) is 5.03. The molecule has 1 unspecified atom stereocenters. The molecule has 1 amide bonds. The molecule has 6 heteroatoms. The number of alkyl halides is 1. The van der Waals surface area contributed by atoms with Crippen LogP contribution in [0.15, 0.2) is 0 Å². The summed E-state index contributed by atoms with van der Waals surface area (Å²) in [5.74, 6) is -0.306. The number of hydrogen-bond acceptors (Lipinski definition) is 3. The summed E-state index contributed by atoms with van der Waals surface area (Å²) in [7, 11) is 0. The summed E-state index contributed by atoms with van der Waals surface area (Å²) in [6, 6.07) is -0.332. The average Bonchev–Trinajstić information content (AvgIpc) is 2.49. The van der Waals surface area contributed by atoms with E-state index in [2.05, 4.69) is 5.32 Å². The summed E-state index contributed by atoms with van der Waals surface area (Å²) in [4.78, 5) is 12.9. The Morgan fingerprint density at radius 1 is 1.47 bits per heavy atom. The molecule has 2 heterocycles. The molecule has 2 aliphatic rings. The molecule has 88 valence electrons. The Morgan fingerprint density at radius 3 is 2.73 bits per heavy atom. The molecule has 4 nitrogen and oxygen atoms in total. The smallest absolute Gasteiger partial charge is 0.251 e. The van der Waals surface area contributed by atoms with Gasteiger partial charge >= 0.3 is 0 Å². The first-order chi connectivity index (χ1) is 6.70. The third-order valence-electron chi connectivity index (χ3n) is 2.99. The molecule has 3 atom stereocenters. The molecular weight excluding hydrogens is 223 g/mol. The van der Waals surface area contributed by atoms with Crippen molar-refractivity contribution < 1.29 is 14.3 Å². The van der Waals surface area contributed by atoms with Gasteiger partial charge in [0.25, 0.3) is 5.91 Å². The molecule has 0 aromatic heterocycles. The third-order valence-corrected chi connectivity index (χ3v) is 2.99. The number of aliphatic hydroxyl groups is 1. The summed E-state index contributed by atoms with van der Waals surface area (Å²) in [6.45, 7) is 1.54. The minimum atomic E-state index is -1.00. The molecule has 15 heavy (non-hydrogen) atoms. The molecule has 2 N–H and O–H groups in total. The number of hydrogen-bond donors (Lipinski definition) is 2. The Labute approximate surface area is 94.2 Å². The highest BCUT2D eigenvalue weighted by molar-refractivity contribution is 5.85. The Hall–Kier alpha value is -0.390. The fourth-order valence-corrected chi connectivity index (χ4v) is 2.17. The number of likely N-dealkylation sites (tertiary alicyclic amines) is 1. The van der Waals surface area contributed by atoms with Crippen molar-refractivity contribution in [3.05, 3.63) is 0 Å². The van der Waals surface area contributed by atoms with E-state index in [1.54, 1.807) is 0 Å². The lowest BCUT2D eigenvalue weighted by molar-refractivity contribution is -0.138. The van der Waals surface area contributed by atoms with Crippen LogP contribution in [-0.4, -0.2) is 53.9 Å². The van der Waals surface area contributed by atoms with E-state index in [1.807, 2.05) is 0 Å². The molecule has 0 saturated carbocycles. The van der Waals surface area contributed by atoms with E-state index < -0.39 is 12.3 Å². The average molecular weight is 239 g/mol. The van der Waals surface area contributed by atoms with Gasteiger partial charge in [0.1, 0.15) is 12.3 Å². The fraction of sp³-hybridized carbons (Fsp3) is 0.889. The van der Waals surface area contributed by atoms with E-state index in [-0.39, 0.29) is 24.4 Å². The Bertz CT molecular complexity index is 242. The summed E-state index contributed by atoms with van der Waals surface area (Å²) in [6.07, 6.45) is -0.829. The van der Waals surface area contributed by atoms with Crippen LogP contribution in [0, 0.1) is 0 Å². The van der Waals surface area contributed by atoms with Crippen molar-refractivity contribution in [3.63, 3.8) is 0 Å². The number of piperidine rings is 1. The van der Waals surface area contributed by atoms with Gasteiger partial charge in [-0.2, -0.15) is 0 Å². The number of rotatable bonds is 1. The lowest BCUT2D eigenvalue weighted by Crippen LogP contribution is -2.52. The zero-order chi connectivity index (χ0) is 10.1. The quantitative estimate of drug-likeness (QED) is 0.660. The van der Waals surface area contributed by atoms with Crippen molar-refractivity contribution in [1.82, 2.24) is 10.2 Å². The Balaban J connectivity index is 0.00000112. The predicted octanol–water partition coefficient (Wildman–Crippen LogP) is -0.299. The van der Waals surface area contributed by atoms with Crippen LogP contribution in [0.2, 0.25) is 0 Å². The molecule has 2 saturated heterocycles. The second-order valence-electron chi connectivity index (χ2n) is 3.91. The fourth-order valence-electron chi connectivity index (χ4n) is 2.17. The standard InChI is InChI=1S/C9H15FN2O2.ClH/c10-6-5-11-3-1-7(6)12-4-2-8(13)9(12)14;/h6-8,11,13H,1-5H2;1H/t6-,7+,8?;/m0./s1. The van der Waals surface area contributed by atoms with Crippen LogP contribution in [0.3, 0.4) is 0 Å². The van der Waals surface area contributed by atoms with Crippen molar-refractivity contribution in [2.24, 2.45) is 0 Å². The topological polar surface area (TPSA) is 52.6 Å². The first-order valence-electron chi connectivity index (χ1n) is 5.03. The molecule has 0 aromatic carbocycles. The molecule has 2 rings (SSSR count). The van der Waals surface area contributed by atoms with Gasteiger partial charge in [0, 0.05) is 13.1 Å². The molecule has 2 fully saturated rings. The summed E-state index contributed by atoms with van der Waals surface area (Å²) >= 11 is 0. The minimum absolute atomic E-state index is 0. The van der Waals surface area contributed by atoms with E-state index in [4.69, 9.17) is 0 Å². The molecule has 0 spiro atoms. The van der Waals surface area contributed by atoms with Gasteiger partial charge in [0.15, 0.2) is 0 Å². The molecule has 2 aliphatic heterocycles. The van der Waals surface area contributed by atoms with Gasteiger partial charge in [-0.3, -0.25) is 4.79 Å². The van der Waals surface area contributed by atoms with Crippen LogP contribution in [0.5, 0.6) is 0 Å². The number of aliphatic hydroxyl groups excluding tert-OH is 1. The Kier molecular flexibility index (Phi) is 4.31. The van der Waals surface area contributed by atoms with E-state index in [0.29, 0.717) is 25.9 Å². The van der Waals surface area contributed by atoms with Crippen molar-refractivity contribution in [2.45, 2.75) is 31.2 Å². The highest BCUT2D eigenvalue weighted by Gasteiger charge is 2.39. The van der Waals surface area contributed by atoms with Crippen molar-refractivity contribution in [1.29, 1.82) is 0 Å². The molecular formula is C9H16ClFN2O2. The monoisotopic (exact) mass is 238 g/mol. The number of nitrogens with one attached hydrogen (secondary N) is 1. The van der Waals surface area contributed by atoms with Gasteiger partial charge < -0.3 is 15.3 Å². The Morgan fingerprint density at radius 2 is 2.20 bits per heavy atom. The van der Waals surface area contributed by atoms with E-state index in [1.165, 1.54) is 4.90 Å². The molecule has 0 aliphatic carbocycles. The maximum absolute atomic E-state index is 13.5. The largest absolute Gasteiger partial charge is 0.383 e. The van der Waals surface area contributed by atoms with Crippen LogP contribution >= 0.6 is 12.4 Å². The second kappa shape index (κ2) is 5.09. The van der Waals surface area contributed by atoms with Crippen molar-refractivity contribution >= 4 is 18.3 Å². The third kappa shape index (κ3) is 2.41. The van der Waals surface area contributed by atoms with Gasteiger partial charge in [-0.05, 0) is 19.4 Å². The van der Waals surface area contributed by atoms with Crippen LogP contribution in [0.25, 0.3) is 0 Å². The van der Waals surface area contributed by atoms with Crippen molar-refractivity contribution in [3.8, 4) is 0 Å². The highest BCUT2D eigenvalue weighted by Crippen LogP contribution is 2.21. The molecule has 0 bridgehead atoms. The van der Waals surface area contributed by atoms with Crippen molar-refractivity contribution in [2.75, 3.05) is 19.6 Å². The summed E-state index contributed by atoms with van der Waals surface area (Å²) in [5.41, 5.74) is 0. The second-order valence-corrected chi connectivity index (χ2v) is 3.91. The van der Waals surface area contributed by atoms with E-state index in [9.17, 15) is 14.3 Å². The van der Waals surface area contributed by atoms with Gasteiger partial charge in [-0.15, -0.1) is 12.4 Å². The zero-order valence-electron chi connectivity index (χ0n) is 8.36. The van der Waals surface area contributed by atoms with Crippen LogP contribution in [-0.2, 0) is 4.79 Å². The SMILES string of the molecule is Cl.O=C1C(O)CCN1[C@@H]1CCNC[C@@H]1F. The predicted molar refractivity (Wildman–Crippen MR) is 55.8 cm³/mol. The summed E-state index contributed by atoms with van der Waals surface area (Å²) < 4.78 is 13.5. The lowest BCUT2D eigenvalue weighted by atomic mass is 10.0. The minimum Gasteiger partial charge on any atom is -0.383 e. The maximum Gasteiger partial charge on any atom is 0.251 e.